The predicted octanol–water partition coefficient (Wildman–Crippen LogP) is 2.30. The molecule has 1 amide bonds. The first kappa shape index (κ1) is 13.3. The Morgan fingerprint density at radius 2 is 2.22 bits per heavy atom. The fourth-order valence-electron chi connectivity index (χ4n) is 2.17. The molecule has 1 N–H and O–H groups in total. The second kappa shape index (κ2) is 4.86. The minimum absolute atomic E-state index is 0.0307. The lowest BCUT2D eigenvalue weighted by molar-refractivity contribution is 0.0647. The van der Waals surface area contributed by atoms with Gasteiger partial charge in [0, 0.05) is 25.2 Å². The number of carbonyl (C=O) groups excluding carboxylic acids is 1. The lowest BCUT2D eigenvalue weighted by Gasteiger charge is -2.39. The summed E-state index contributed by atoms with van der Waals surface area (Å²) in [6.07, 6.45) is 0. The molecule has 0 radical (unpaired) electrons. The van der Waals surface area contributed by atoms with E-state index < -0.39 is 5.82 Å². The highest BCUT2D eigenvalue weighted by Crippen LogP contribution is 2.22. The number of nitrogens with zero attached hydrogens (tertiary/aromatic N) is 1. The Morgan fingerprint density at radius 3 is 2.83 bits per heavy atom. The predicted molar refractivity (Wildman–Crippen MR) is 69.4 cm³/mol. The van der Waals surface area contributed by atoms with Gasteiger partial charge in [-0.25, -0.2) is 4.39 Å². The smallest absolute Gasteiger partial charge is 0.258 e. The number of rotatable bonds is 1. The molecule has 0 aromatic heterocycles. The van der Waals surface area contributed by atoms with E-state index in [0.29, 0.717) is 19.6 Å². The van der Waals surface area contributed by atoms with Crippen molar-refractivity contribution in [1.82, 2.24) is 10.2 Å². The zero-order valence-electron chi connectivity index (χ0n) is 10.5. The van der Waals surface area contributed by atoms with Crippen LogP contribution in [0.2, 0.25) is 5.02 Å². The molecular weight excluding hydrogens is 255 g/mol. The first-order valence-corrected chi connectivity index (χ1v) is 6.27. The van der Waals surface area contributed by atoms with Gasteiger partial charge in [0.1, 0.15) is 5.82 Å². The molecule has 1 aromatic rings. The van der Waals surface area contributed by atoms with Gasteiger partial charge in [-0.1, -0.05) is 17.7 Å². The highest BCUT2D eigenvalue weighted by molar-refractivity contribution is 6.33. The number of amides is 1. The SMILES string of the molecule is CC1(C)CN(C(=O)c2c(F)cccc2Cl)CCN1. The third kappa shape index (κ3) is 2.65. The lowest BCUT2D eigenvalue weighted by atomic mass is 10.0. The van der Waals surface area contributed by atoms with Crippen LogP contribution in [0.5, 0.6) is 0 Å². The summed E-state index contributed by atoms with van der Waals surface area (Å²) in [6.45, 7) is 5.82. The average Bonchev–Trinajstić information content (AvgIpc) is 2.27. The molecule has 1 aliphatic heterocycles. The summed E-state index contributed by atoms with van der Waals surface area (Å²) in [5.74, 6) is -0.906. The van der Waals surface area contributed by atoms with Crippen molar-refractivity contribution in [3.8, 4) is 0 Å². The van der Waals surface area contributed by atoms with Crippen LogP contribution in [0.4, 0.5) is 4.39 Å². The average molecular weight is 271 g/mol. The second-order valence-electron chi connectivity index (χ2n) is 5.13. The molecule has 0 saturated carbocycles. The fourth-order valence-corrected chi connectivity index (χ4v) is 2.42. The van der Waals surface area contributed by atoms with Crippen LogP contribution in [-0.4, -0.2) is 36.0 Å². The maximum Gasteiger partial charge on any atom is 0.258 e. The second-order valence-corrected chi connectivity index (χ2v) is 5.54. The zero-order valence-corrected chi connectivity index (χ0v) is 11.2. The van der Waals surface area contributed by atoms with E-state index >= 15 is 0 Å². The maximum absolute atomic E-state index is 13.7. The highest BCUT2D eigenvalue weighted by Gasteiger charge is 2.30. The molecule has 1 fully saturated rings. The molecule has 0 unspecified atom stereocenters. The molecule has 1 aromatic carbocycles. The summed E-state index contributed by atoms with van der Waals surface area (Å²) >= 11 is 5.91. The topological polar surface area (TPSA) is 32.3 Å². The number of hydrogen-bond donors (Lipinski definition) is 1. The van der Waals surface area contributed by atoms with Crippen LogP contribution in [0.25, 0.3) is 0 Å². The van der Waals surface area contributed by atoms with Crippen LogP contribution < -0.4 is 5.32 Å². The Balaban J connectivity index is 2.26. The number of nitrogens with one attached hydrogen (secondary N) is 1. The van der Waals surface area contributed by atoms with Crippen molar-refractivity contribution in [3.05, 3.63) is 34.6 Å². The number of benzene rings is 1. The molecule has 5 heteroatoms. The van der Waals surface area contributed by atoms with Gasteiger partial charge in [0.15, 0.2) is 0 Å². The van der Waals surface area contributed by atoms with Gasteiger partial charge >= 0.3 is 0 Å². The Labute approximate surface area is 111 Å². The van der Waals surface area contributed by atoms with Crippen LogP contribution >= 0.6 is 11.6 Å². The molecule has 0 aliphatic carbocycles. The number of carbonyl (C=O) groups is 1. The number of halogens is 2. The minimum atomic E-state index is -0.566. The molecule has 98 valence electrons. The van der Waals surface area contributed by atoms with Crippen molar-refractivity contribution in [3.63, 3.8) is 0 Å². The molecule has 1 heterocycles. The molecule has 0 bridgehead atoms. The molecule has 18 heavy (non-hydrogen) atoms. The van der Waals surface area contributed by atoms with Gasteiger partial charge in [0.25, 0.3) is 5.91 Å². The number of hydrogen-bond acceptors (Lipinski definition) is 2. The van der Waals surface area contributed by atoms with Crippen LogP contribution in [0.3, 0.4) is 0 Å². The largest absolute Gasteiger partial charge is 0.335 e. The maximum atomic E-state index is 13.7. The Bertz CT molecular complexity index is 456. The fraction of sp³-hybridized carbons (Fsp3) is 0.462. The first-order chi connectivity index (χ1) is 8.41. The standard InChI is InChI=1S/C13H16ClFN2O/c1-13(2)8-17(7-6-16-13)12(18)11-9(14)4-3-5-10(11)15/h3-5,16H,6-8H2,1-2H3. The monoisotopic (exact) mass is 270 g/mol. The van der Waals surface area contributed by atoms with Gasteiger partial charge in [-0.3, -0.25) is 4.79 Å². The van der Waals surface area contributed by atoms with E-state index in [1.807, 2.05) is 13.8 Å². The first-order valence-electron chi connectivity index (χ1n) is 5.89. The zero-order chi connectivity index (χ0) is 13.3. The van der Waals surface area contributed by atoms with Crippen molar-refractivity contribution in [2.75, 3.05) is 19.6 Å². The summed E-state index contributed by atoms with van der Waals surface area (Å²) < 4.78 is 13.7. The van der Waals surface area contributed by atoms with E-state index in [-0.39, 0.29) is 22.0 Å². The van der Waals surface area contributed by atoms with Crippen LogP contribution in [0, 0.1) is 5.82 Å². The molecule has 0 atom stereocenters. The van der Waals surface area contributed by atoms with E-state index in [1.165, 1.54) is 18.2 Å². The van der Waals surface area contributed by atoms with Gasteiger partial charge < -0.3 is 10.2 Å². The third-order valence-electron chi connectivity index (χ3n) is 3.04. The van der Waals surface area contributed by atoms with E-state index in [9.17, 15) is 9.18 Å². The summed E-state index contributed by atoms with van der Waals surface area (Å²) in [6, 6.07) is 4.29. The molecule has 3 nitrogen and oxygen atoms in total. The van der Waals surface area contributed by atoms with Gasteiger partial charge in [-0.05, 0) is 26.0 Å². The van der Waals surface area contributed by atoms with Gasteiger partial charge in [0.05, 0.1) is 10.6 Å². The third-order valence-corrected chi connectivity index (χ3v) is 3.35. The van der Waals surface area contributed by atoms with E-state index in [1.54, 1.807) is 4.90 Å². The van der Waals surface area contributed by atoms with Gasteiger partial charge in [0.2, 0.25) is 0 Å². The molecule has 1 aliphatic rings. The molecular formula is C13H16ClFN2O. The Morgan fingerprint density at radius 1 is 1.50 bits per heavy atom. The summed E-state index contributed by atoms with van der Waals surface area (Å²) in [5, 5.41) is 3.47. The van der Waals surface area contributed by atoms with Crippen molar-refractivity contribution < 1.29 is 9.18 Å². The van der Waals surface area contributed by atoms with Crippen LogP contribution in [-0.2, 0) is 0 Å². The molecule has 2 rings (SSSR count). The van der Waals surface area contributed by atoms with Crippen molar-refractivity contribution in [2.24, 2.45) is 0 Å². The Kier molecular flexibility index (Phi) is 3.59. The lowest BCUT2D eigenvalue weighted by Crippen LogP contribution is -2.58. The van der Waals surface area contributed by atoms with Crippen molar-refractivity contribution in [2.45, 2.75) is 19.4 Å². The minimum Gasteiger partial charge on any atom is -0.335 e. The summed E-state index contributed by atoms with van der Waals surface area (Å²) in [7, 11) is 0. The van der Waals surface area contributed by atoms with Crippen LogP contribution in [0.1, 0.15) is 24.2 Å². The summed E-state index contributed by atoms with van der Waals surface area (Å²) in [4.78, 5) is 13.9. The van der Waals surface area contributed by atoms with Gasteiger partial charge in [-0.2, -0.15) is 0 Å². The number of piperazine rings is 1. The summed E-state index contributed by atoms with van der Waals surface area (Å²) in [5.41, 5.74) is -0.192. The van der Waals surface area contributed by atoms with E-state index in [0.717, 1.165) is 0 Å². The van der Waals surface area contributed by atoms with E-state index in [4.69, 9.17) is 11.6 Å². The molecule has 1 saturated heterocycles. The van der Waals surface area contributed by atoms with E-state index in [2.05, 4.69) is 5.32 Å². The van der Waals surface area contributed by atoms with Gasteiger partial charge in [-0.15, -0.1) is 0 Å². The van der Waals surface area contributed by atoms with Crippen molar-refractivity contribution in [1.29, 1.82) is 0 Å². The van der Waals surface area contributed by atoms with Crippen molar-refractivity contribution >= 4 is 17.5 Å². The Hall–Kier alpha value is -1.13. The van der Waals surface area contributed by atoms with Crippen LogP contribution in [0.15, 0.2) is 18.2 Å². The molecule has 0 spiro atoms. The quantitative estimate of drug-likeness (QED) is 0.849. The normalized spacial score (nSPS) is 18.8. The highest BCUT2D eigenvalue weighted by atomic mass is 35.5.